The minimum atomic E-state index is -3.79. The summed E-state index contributed by atoms with van der Waals surface area (Å²) in [5, 5.41) is 2.75. The van der Waals surface area contributed by atoms with Crippen molar-refractivity contribution in [3.8, 4) is 5.75 Å². The first-order valence-electron chi connectivity index (χ1n) is 10.2. The molecule has 2 aromatic rings. The van der Waals surface area contributed by atoms with Crippen molar-refractivity contribution in [2.75, 3.05) is 32.1 Å². The number of nitrogens with zero attached hydrogens (tertiary/aromatic N) is 2. The third-order valence-electron chi connectivity index (χ3n) is 5.22. The molecule has 1 saturated heterocycles. The van der Waals surface area contributed by atoms with Gasteiger partial charge in [0.05, 0.1) is 18.6 Å². The molecule has 0 spiro atoms. The minimum absolute atomic E-state index is 0.161. The first-order chi connectivity index (χ1) is 14.9. The molecule has 8 nitrogen and oxygen atoms in total. The Hall–Kier alpha value is -2.91. The number of carbonyl (C=O) groups excluding carboxylic acids is 2. The summed E-state index contributed by atoms with van der Waals surface area (Å²) in [5.41, 5.74) is 0.557. The molecule has 166 valence electrons. The van der Waals surface area contributed by atoms with Gasteiger partial charge in [0, 0.05) is 24.8 Å². The molecule has 9 heteroatoms. The Morgan fingerprint density at radius 1 is 1.16 bits per heavy atom. The van der Waals surface area contributed by atoms with Crippen LogP contribution in [0.5, 0.6) is 5.75 Å². The Morgan fingerprint density at radius 3 is 2.58 bits per heavy atom. The number of sulfonamides is 1. The van der Waals surface area contributed by atoms with Gasteiger partial charge in [-0.15, -0.1) is 0 Å². The highest BCUT2D eigenvalue weighted by molar-refractivity contribution is 7.89. The van der Waals surface area contributed by atoms with E-state index in [9.17, 15) is 18.0 Å². The molecule has 1 fully saturated rings. The Kier molecular flexibility index (Phi) is 7.29. The lowest BCUT2D eigenvalue weighted by Crippen LogP contribution is -2.49. The van der Waals surface area contributed by atoms with Crippen LogP contribution >= 0.6 is 0 Å². The Labute approximate surface area is 182 Å². The van der Waals surface area contributed by atoms with Crippen molar-refractivity contribution in [2.24, 2.45) is 0 Å². The summed E-state index contributed by atoms with van der Waals surface area (Å²) in [6, 6.07) is 14.2. The van der Waals surface area contributed by atoms with Crippen LogP contribution in [-0.4, -0.2) is 62.2 Å². The number of anilines is 1. The summed E-state index contributed by atoms with van der Waals surface area (Å²) in [7, 11) is -2.25. The Morgan fingerprint density at radius 2 is 1.90 bits per heavy atom. The second-order valence-electron chi connectivity index (χ2n) is 7.22. The van der Waals surface area contributed by atoms with Crippen molar-refractivity contribution in [2.45, 2.75) is 30.7 Å². The van der Waals surface area contributed by atoms with Gasteiger partial charge >= 0.3 is 0 Å². The van der Waals surface area contributed by atoms with E-state index in [0.29, 0.717) is 30.8 Å². The fraction of sp³-hybridized carbons (Fsp3) is 0.364. The second-order valence-corrected chi connectivity index (χ2v) is 9.11. The van der Waals surface area contributed by atoms with Crippen LogP contribution in [0.1, 0.15) is 19.8 Å². The molecular weight excluding hydrogens is 418 g/mol. The number of methoxy groups -OCH3 is 1. The molecule has 0 aliphatic carbocycles. The van der Waals surface area contributed by atoms with Gasteiger partial charge in [0.2, 0.25) is 21.8 Å². The average molecular weight is 446 g/mol. The van der Waals surface area contributed by atoms with Gasteiger partial charge in [-0.25, -0.2) is 8.42 Å². The van der Waals surface area contributed by atoms with E-state index in [4.69, 9.17) is 4.74 Å². The lowest BCUT2D eigenvalue weighted by Gasteiger charge is -2.29. The zero-order valence-electron chi connectivity index (χ0n) is 17.7. The molecule has 1 aliphatic heterocycles. The molecule has 31 heavy (non-hydrogen) atoms. The SMILES string of the molecule is CCN(CC(=O)Nc1cccc(OC)c1)C(=O)C1CCCN1S(=O)(=O)c1ccccc1. The Bertz CT molecular complexity index is 1030. The normalized spacial score (nSPS) is 16.6. The summed E-state index contributed by atoms with van der Waals surface area (Å²) in [4.78, 5) is 27.2. The zero-order chi connectivity index (χ0) is 22.4. The molecule has 0 radical (unpaired) electrons. The van der Waals surface area contributed by atoms with Crippen molar-refractivity contribution in [1.29, 1.82) is 0 Å². The van der Waals surface area contributed by atoms with Crippen LogP contribution in [0.4, 0.5) is 5.69 Å². The molecule has 2 amide bonds. The third kappa shape index (κ3) is 5.23. The smallest absolute Gasteiger partial charge is 0.243 e. The number of nitrogens with one attached hydrogen (secondary N) is 1. The Balaban J connectivity index is 1.71. The van der Waals surface area contributed by atoms with Crippen LogP contribution in [0.15, 0.2) is 59.5 Å². The van der Waals surface area contributed by atoms with Crippen LogP contribution in [0, 0.1) is 0 Å². The predicted molar refractivity (Wildman–Crippen MR) is 117 cm³/mol. The van der Waals surface area contributed by atoms with Crippen molar-refractivity contribution in [3.63, 3.8) is 0 Å². The molecule has 0 saturated carbocycles. The van der Waals surface area contributed by atoms with E-state index in [1.54, 1.807) is 49.4 Å². The summed E-state index contributed by atoms with van der Waals surface area (Å²) in [6.07, 6.45) is 1.02. The van der Waals surface area contributed by atoms with Crippen molar-refractivity contribution < 1.29 is 22.7 Å². The minimum Gasteiger partial charge on any atom is -0.497 e. The first-order valence-corrected chi connectivity index (χ1v) is 11.6. The van der Waals surface area contributed by atoms with E-state index in [-0.39, 0.29) is 29.8 Å². The number of carbonyl (C=O) groups is 2. The summed E-state index contributed by atoms with van der Waals surface area (Å²) < 4.78 is 32.5. The molecule has 1 atom stereocenters. The zero-order valence-corrected chi connectivity index (χ0v) is 18.5. The molecule has 1 heterocycles. The molecule has 1 N–H and O–H groups in total. The van der Waals surface area contributed by atoms with E-state index in [2.05, 4.69) is 5.32 Å². The van der Waals surface area contributed by atoms with Gasteiger partial charge in [-0.05, 0) is 44.0 Å². The number of benzene rings is 2. The highest BCUT2D eigenvalue weighted by Gasteiger charge is 2.41. The van der Waals surface area contributed by atoms with Gasteiger partial charge in [-0.2, -0.15) is 4.31 Å². The van der Waals surface area contributed by atoms with Crippen molar-refractivity contribution in [3.05, 3.63) is 54.6 Å². The molecule has 2 aromatic carbocycles. The van der Waals surface area contributed by atoms with E-state index in [1.165, 1.54) is 28.4 Å². The van der Waals surface area contributed by atoms with Crippen LogP contribution < -0.4 is 10.1 Å². The van der Waals surface area contributed by atoms with E-state index >= 15 is 0 Å². The fourth-order valence-electron chi connectivity index (χ4n) is 3.63. The van der Waals surface area contributed by atoms with Gasteiger partial charge in [0.25, 0.3) is 0 Å². The molecule has 0 bridgehead atoms. The van der Waals surface area contributed by atoms with Crippen molar-refractivity contribution in [1.82, 2.24) is 9.21 Å². The second kappa shape index (κ2) is 9.93. The van der Waals surface area contributed by atoms with Crippen LogP contribution in [0.2, 0.25) is 0 Å². The number of amides is 2. The van der Waals surface area contributed by atoms with Crippen LogP contribution in [-0.2, 0) is 19.6 Å². The summed E-state index contributed by atoms with van der Waals surface area (Å²) in [6.45, 7) is 2.17. The maximum atomic E-state index is 13.2. The summed E-state index contributed by atoms with van der Waals surface area (Å²) >= 11 is 0. The molecule has 1 aliphatic rings. The lowest BCUT2D eigenvalue weighted by atomic mass is 10.2. The largest absolute Gasteiger partial charge is 0.497 e. The highest BCUT2D eigenvalue weighted by atomic mass is 32.2. The standard InChI is InChI=1S/C22H27N3O5S/c1-3-24(16-21(26)23-17-9-7-10-18(15-17)30-2)22(27)20-13-8-14-25(20)31(28,29)19-11-5-4-6-12-19/h4-7,9-12,15,20H,3,8,13-14,16H2,1-2H3,(H,23,26). The van der Waals surface area contributed by atoms with E-state index in [0.717, 1.165) is 0 Å². The third-order valence-corrected chi connectivity index (χ3v) is 7.14. The van der Waals surface area contributed by atoms with Gasteiger partial charge < -0.3 is 15.0 Å². The maximum absolute atomic E-state index is 13.2. The van der Waals surface area contributed by atoms with Crippen LogP contribution in [0.25, 0.3) is 0 Å². The maximum Gasteiger partial charge on any atom is 0.243 e. The molecule has 0 aromatic heterocycles. The quantitative estimate of drug-likeness (QED) is 0.673. The lowest BCUT2D eigenvalue weighted by molar-refractivity contribution is -0.137. The molecule has 1 unspecified atom stereocenters. The number of hydrogen-bond donors (Lipinski definition) is 1. The number of likely N-dealkylation sites (N-methyl/N-ethyl adjacent to an activating group) is 1. The van der Waals surface area contributed by atoms with E-state index < -0.39 is 16.1 Å². The average Bonchev–Trinajstić information content (AvgIpc) is 3.28. The topological polar surface area (TPSA) is 96.0 Å². The number of rotatable bonds is 8. The highest BCUT2D eigenvalue weighted by Crippen LogP contribution is 2.27. The van der Waals surface area contributed by atoms with Gasteiger partial charge in [-0.1, -0.05) is 24.3 Å². The summed E-state index contributed by atoms with van der Waals surface area (Å²) in [5.74, 6) is -0.117. The van der Waals surface area contributed by atoms with Gasteiger partial charge in [0.1, 0.15) is 11.8 Å². The van der Waals surface area contributed by atoms with Crippen LogP contribution in [0.3, 0.4) is 0 Å². The van der Waals surface area contributed by atoms with Crippen molar-refractivity contribution >= 4 is 27.5 Å². The first kappa shape index (κ1) is 22.8. The predicted octanol–water partition coefficient (Wildman–Crippen LogP) is 2.34. The van der Waals surface area contributed by atoms with E-state index in [1.807, 2.05) is 0 Å². The monoisotopic (exact) mass is 445 g/mol. The molecule has 3 rings (SSSR count). The fourth-order valence-corrected chi connectivity index (χ4v) is 5.31. The number of hydrogen-bond acceptors (Lipinski definition) is 5. The van der Waals surface area contributed by atoms with Gasteiger partial charge in [-0.3, -0.25) is 9.59 Å². The number of ether oxygens (including phenoxy) is 1. The van der Waals surface area contributed by atoms with Gasteiger partial charge in [0.15, 0.2) is 0 Å². The molecular formula is C22H27N3O5S.